The first kappa shape index (κ1) is 14.0. The minimum atomic E-state index is 0.747. The topological polar surface area (TPSA) is 29.3 Å². The molecular formula is C19H24N2. The fraction of sp³-hybridized carbons (Fsp3) is 0.368. The van der Waals surface area contributed by atoms with E-state index in [1.807, 2.05) is 12.1 Å². The highest BCUT2D eigenvalue weighted by Gasteiger charge is 2.20. The summed E-state index contributed by atoms with van der Waals surface area (Å²) in [4.78, 5) is 2.56. The molecule has 1 aliphatic rings. The molecule has 3 rings (SSSR count). The first-order valence-electron chi connectivity index (χ1n) is 7.89. The summed E-state index contributed by atoms with van der Waals surface area (Å²) < 4.78 is 0. The van der Waals surface area contributed by atoms with Crippen LogP contribution in [0.4, 0.5) is 11.4 Å². The molecule has 1 atom stereocenters. The van der Waals surface area contributed by atoms with E-state index in [2.05, 4.69) is 48.2 Å². The maximum atomic E-state index is 5.73. The van der Waals surface area contributed by atoms with Gasteiger partial charge in [0.2, 0.25) is 0 Å². The Hall–Kier alpha value is -1.96. The predicted octanol–water partition coefficient (Wildman–Crippen LogP) is 3.90. The van der Waals surface area contributed by atoms with Crippen LogP contribution in [0.25, 0.3) is 0 Å². The number of hydrogen-bond donors (Lipinski definition) is 1. The highest BCUT2D eigenvalue weighted by molar-refractivity contribution is 5.55. The molecule has 21 heavy (non-hydrogen) atoms. The van der Waals surface area contributed by atoms with Crippen molar-refractivity contribution in [2.45, 2.75) is 26.2 Å². The molecule has 0 spiro atoms. The van der Waals surface area contributed by atoms with Crippen molar-refractivity contribution in [3.05, 3.63) is 59.7 Å². The van der Waals surface area contributed by atoms with Gasteiger partial charge in [-0.3, -0.25) is 0 Å². The SMILES string of the molecule is CC1Cc2ccccc2N(CCCc2ccc(N)cc2)C1. The zero-order valence-corrected chi connectivity index (χ0v) is 12.8. The van der Waals surface area contributed by atoms with Crippen LogP contribution in [-0.4, -0.2) is 13.1 Å². The lowest BCUT2D eigenvalue weighted by Gasteiger charge is -2.35. The third-order valence-corrected chi connectivity index (χ3v) is 4.31. The molecule has 2 aromatic rings. The molecule has 1 aliphatic heterocycles. The van der Waals surface area contributed by atoms with Crippen LogP contribution in [0.1, 0.15) is 24.5 Å². The summed E-state index contributed by atoms with van der Waals surface area (Å²) in [6.45, 7) is 4.66. The van der Waals surface area contributed by atoms with E-state index in [9.17, 15) is 0 Å². The minimum Gasteiger partial charge on any atom is -0.399 e. The van der Waals surface area contributed by atoms with Gasteiger partial charge >= 0.3 is 0 Å². The van der Waals surface area contributed by atoms with Crippen LogP contribution < -0.4 is 10.6 Å². The summed E-state index contributed by atoms with van der Waals surface area (Å²) in [7, 11) is 0. The molecule has 0 radical (unpaired) electrons. The predicted molar refractivity (Wildman–Crippen MR) is 90.7 cm³/mol. The van der Waals surface area contributed by atoms with E-state index in [0.29, 0.717) is 0 Å². The molecule has 2 nitrogen and oxygen atoms in total. The van der Waals surface area contributed by atoms with E-state index in [0.717, 1.165) is 24.6 Å². The zero-order chi connectivity index (χ0) is 14.7. The Morgan fingerprint density at radius 1 is 1.10 bits per heavy atom. The van der Waals surface area contributed by atoms with Gasteiger partial charge in [0, 0.05) is 24.5 Å². The third-order valence-electron chi connectivity index (χ3n) is 4.31. The normalized spacial score (nSPS) is 17.6. The molecule has 0 saturated carbocycles. The average molecular weight is 280 g/mol. The van der Waals surface area contributed by atoms with Gasteiger partial charge in [0.25, 0.3) is 0 Å². The smallest absolute Gasteiger partial charge is 0.0398 e. The number of aryl methyl sites for hydroxylation is 1. The summed E-state index contributed by atoms with van der Waals surface area (Å²) in [6.07, 6.45) is 3.52. The monoisotopic (exact) mass is 280 g/mol. The fourth-order valence-corrected chi connectivity index (χ4v) is 3.28. The first-order chi connectivity index (χ1) is 10.2. The summed E-state index contributed by atoms with van der Waals surface area (Å²) in [5, 5.41) is 0. The molecule has 1 heterocycles. The van der Waals surface area contributed by atoms with E-state index in [-0.39, 0.29) is 0 Å². The second-order valence-electron chi connectivity index (χ2n) is 6.23. The highest BCUT2D eigenvalue weighted by atomic mass is 15.1. The van der Waals surface area contributed by atoms with Crippen molar-refractivity contribution < 1.29 is 0 Å². The van der Waals surface area contributed by atoms with Gasteiger partial charge in [-0.05, 0) is 54.5 Å². The minimum absolute atomic E-state index is 0.747. The zero-order valence-electron chi connectivity index (χ0n) is 12.8. The van der Waals surface area contributed by atoms with Gasteiger partial charge in [-0.25, -0.2) is 0 Å². The van der Waals surface area contributed by atoms with Crippen LogP contribution in [0, 0.1) is 5.92 Å². The van der Waals surface area contributed by atoms with Crippen molar-refractivity contribution in [1.29, 1.82) is 0 Å². The van der Waals surface area contributed by atoms with Gasteiger partial charge in [0.05, 0.1) is 0 Å². The van der Waals surface area contributed by atoms with E-state index < -0.39 is 0 Å². The summed E-state index contributed by atoms with van der Waals surface area (Å²) >= 11 is 0. The van der Waals surface area contributed by atoms with Gasteiger partial charge in [-0.15, -0.1) is 0 Å². The number of nitrogens with two attached hydrogens (primary N) is 1. The van der Waals surface area contributed by atoms with E-state index in [1.165, 1.54) is 36.2 Å². The number of nitrogens with zero attached hydrogens (tertiary/aromatic N) is 1. The first-order valence-corrected chi connectivity index (χ1v) is 7.89. The van der Waals surface area contributed by atoms with Crippen LogP contribution in [0.15, 0.2) is 48.5 Å². The maximum absolute atomic E-state index is 5.73. The standard InChI is InChI=1S/C19H24N2/c1-15-13-17-6-2-3-7-19(17)21(14-15)12-4-5-16-8-10-18(20)11-9-16/h2-3,6-11,15H,4-5,12-14,20H2,1H3. The molecular weight excluding hydrogens is 256 g/mol. The summed E-state index contributed by atoms with van der Waals surface area (Å²) in [5.74, 6) is 0.747. The van der Waals surface area contributed by atoms with Crippen molar-refractivity contribution >= 4 is 11.4 Å². The second kappa shape index (κ2) is 6.21. The van der Waals surface area contributed by atoms with Crippen molar-refractivity contribution in [3.8, 4) is 0 Å². The van der Waals surface area contributed by atoms with Crippen LogP contribution in [-0.2, 0) is 12.8 Å². The molecule has 0 amide bonds. The molecule has 1 unspecified atom stereocenters. The van der Waals surface area contributed by atoms with E-state index in [4.69, 9.17) is 5.73 Å². The number of nitrogen functional groups attached to an aromatic ring is 1. The van der Waals surface area contributed by atoms with Gasteiger partial charge in [-0.2, -0.15) is 0 Å². The maximum Gasteiger partial charge on any atom is 0.0398 e. The quantitative estimate of drug-likeness (QED) is 0.861. The lowest BCUT2D eigenvalue weighted by molar-refractivity contribution is 0.526. The molecule has 0 aliphatic carbocycles. The number of anilines is 2. The van der Waals surface area contributed by atoms with Gasteiger partial charge in [0.1, 0.15) is 0 Å². The largest absolute Gasteiger partial charge is 0.399 e. The molecule has 0 fully saturated rings. The van der Waals surface area contributed by atoms with Gasteiger partial charge < -0.3 is 10.6 Å². The summed E-state index contributed by atoms with van der Waals surface area (Å²) in [5.41, 5.74) is 10.9. The Balaban J connectivity index is 1.61. The van der Waals surface area contributed by atoms with Crippen LogP contribution in [0.5, 0.6) is 0 Å². The number of para-hydroxylation sites is 1. The Morgan fingerprint density at radius 2 is 1.86 bits per heavy atom. The molecule has 110 valence electrons. The van der Waals surface area contributed by atoms with Crippen molar-refractivity contribution in [1.82, 2.24) is 0 Å². The fourth-order valence-electron chi connectivity index (χ4n) is 3.28. The Morgan fingerprint density at radius 3 is 2.67 bits per heavy atom. The Bertz CT molecular complexity index is 589. The summed E-state index contributed by atoms with van der Waals surface area (Å²) in [6, 6.07) is 17.1. The lowest BCUT2D eigenvalue weighted by Crippen LogP contribution is -2.35. The third kappa shape index (κ3) is 3.38. The van der Waals surface area contributed by atoms with Crippen molar-refractivity contribution in [2.24, 2.45) is 5.92 Å². The van der Waals surface area contributed by atoms with Gasteiger partial charge in [-0.1, -0.05) is 37.3 Å². The number of rotatable bonds is 4. The van der Waals surface area contributed by atoms with E-state index in [1.54, 1.807) is 0 Å². The molecule has 0 bridgehead atoms. The molecule has 2 aromatic carbocycles. The molecule has 2 N–H and O–H groups in total. The number of hydrogen-bond acceptors (Lipinski definition) is 2. The molecule has 2 heteroatoms. The van der Waals surface area contributed by atoms with Crippen LogP contribution in [0.3, 0.4) is 0 Å². The van der Waals surface area contributed by atoms with Crippen molar-refractivity contribution in [3.63, 3.8) is 0 Å². The van der Waals surface area contributed by atoms with Crippen LogP contribution >= 0.6 is 0 Å². The van der Waals surface area contributed by atoms with Crippen LogP contribution in [0.2, 0.25) is 0 Å². The lowest BCUT2D eigenvalue weighted by atomic mass is 9.93. The van der Waals surface area contributed by atoms with Crippen molar-refractivity contribution in [2.75, 3.05) is 23.7 Å². The number of fused-ring (bicyclic) bond motifs is 1. The van der Waals surface area contributed by atoms with Gasteiger partial charge in [0.15, 0.2) is 0 Å². The molecule has 0 aromatic heterocycles. The Labute approximate surface area is 127 Å². The van der Waals surface area contributed by atoms with E-state index >= 15 is 0 Å². The second-order valence-corrected chi connectivity index (χ2v) is 6.23. The Kier molecular flexibility index (Phi) is 4.14. The average Bonchev–Trinajstić information content (AvgIpc) is 2.49. The number of benzene rings is 2. The molecule has 0 saturated heterocycles. The highest BCUT2D eigenvalue weighted by Crippen LogP contribution is 2.29.